The van der Waals surface area contributed by atoms with E-state index in [1.165, 1.54) is 25.7 Å². The predicted octanol–water partition coefficient (Wildman–Crippen LogP) is 6.48. The van der Waals surface area contributed by atoms with E-state index in [0.717, 1.165) is 29.2 Å². The molecule has 4 unspecified atom stereocenters. The minimum absolute atomic E-state index is 0.632. The minimum atomic E-state index is -1.65. The van der Waals surface area contributed by atoms with Crippen LogP contribution in [0, 0.1) is 29.6 Å². The Morgan fingerprint density at radius 3 is 2.17 bits per heavy atom. The van der Waals surface area contributed by atoms with E-state index in [1.54, 1.807) is 16.0 Å². The molecule has 1 saturated carbocycles. The molecule has 0 aliphatic heterocycles. The molecule has 1 heteroatoms. The van der Waals surface area contributed by atoms with Crippen molar-refractivity contribution in [2.45, 2.75) is 72.0 Å². The van der Waals surface area contributed by atoms with Crippen LogP contribution in [0.5, 0.6) is 0 Å². The Morgan fingerprint density at radius 1 is 0.862 bits per heavy atom. The van der Waals surface area contributed by atoms with Crippen LogP contribution in [0.15, 0.2) is 48.6 Å². The average Bonchev–Trinajstić information content (AvgIpc) is 3.15. The van der Waals surface area contributed by atoms with Gasteiger partial charge in [-0.15, -0.1) is 0 Å². The van der Waals surface area contributed by atoms with Gasteiger partial charge < -0.3 is 0 Å². The number of benzene rings is 1. The molecule has 0 bridgehead atoms. The molecule has 0 radical (unpaired) electrons. The molecule has 1 fully saturated rings. The molecule has 4 rings (SSSR count). The quantitative estimate of drug-likeness (QED) is 0.476. The van der Waals surface area contributed by atoms with E-state index in [2.05, 4.69) is 89.4 Å². The molecule has 0 spiro atoms. The molecule has 0 amide bonds. The number of allylic oxidation sites excluding steroid dienone is 4. The topological polar surface area (TPSA) is 0 Å². The Labute approximate surface area is 179 Å². The molecule has 3 aliphatic rings. The van der Waals surface area contributed by atoms with Crippen molar-refractivity contribution in [3.05, 3.63) is 59.0 Å². The van der Waals surface area contributed by atoms with Crippen LogP contribution in [0.25, 0.3) is 10.8 Å². The molecule has 29 heavy (non-hydrogen) atoms. The highest BCUT2D eigenvalue weighted by Gasteiger charge is 2.54. The van der Waals surface area contributed by atoms with Gasteiger partial charge in [0.05, 0.1) is 8.07 Å². The van der Waals surface area contributed by atoms with Crippen molar-refractivity contribution in [2.75, 3.05) is 0 Å². The van der Waals surface area contributed by atoms with Gasteiger partial charge in [-0.2, -0.15) is 0 Å². The first kappa shape index (κ1) is 20.9. The Balaban J connectivity index is 1.84. The zero-order valence-electron chi connectivity index (χ0n) is 19.4. The Bertz CT molecular complexity index is 931. The fraction of sp³-hybridized carbons (Fsp3) is 0.571. The van der Waals surface area contributed by atoms with Gasteiger partial charge in [0.15, 0.2) is 0 Å². The number of hydrogen-bond donors (Lipinski definition) is 0. The molecule has 0 saturated heterocycles. The van der Waals surface area contributed by atoms with Crippen LogP contribution in [-0.2, 0) is 0 Å². The lowest BCUT2D eigenvalue weighted by atomic mass is 9.82. The van der Waals surface area contributed by atoms with E-state index in [-0.39, 0.29) is 0 Å². The zero-order valence-corrected chi connectivity index (χ0v) is 20.4. The van der Waals surface area contributed by atoms with Gasteiger partial charge in [-0.1, -0.05) is 113 Å². The first-order chi connectivity index (χ1) is 13.9. The number of hydrogen-bond acceptors (Lipinski definition) is 0. The average molecular weight is 405 g/mol. The second-order valence-electron chi connectivity index (χ2n) is 10.4. The summed E-state index contributed by atoms with van der Waals surface area (Å²) in [5.74, 6) is 3.82. The van der Waals surface area contributed by atoms with Crippen LogP contribution in [0.3, 0.4) is 0 Å². The predicted molar refractivity (Wildman–Crippen MR) is 131 cm³/mol. The van der Waals surface area contributed by atoms with E-state index >= 15 is 0 Å². The van der Waals surface area contributed by atoms with Crippen LogP contribution in [0.4, 0.5) is 0 Å². The smallest absolute Gasteiger partial charge is 0.0808 e. The fourth-order valence-corrected chi connectivity index (χ4v) is 13.1. The summed E-state index contributed by atoms with van der Waals surface area (Å²) in [6.45, 7) is 15.2. The van der Waals surface area contributed by atoms with Gasteiger partial charge in [0.25, 0.3) is 0 Å². The third-order valence-corrected chi connectivity index (χ3v) is 13.2. The van der Waals surface area contributed by atoms with Crippen LogP contribution in [0.1, 0.15) is 53.4 Å². The highest BCUT2D eigenvalue weighted by atomic mass is 28.3. The second-order valence-corrected chi connectivity index (χ2v) is 15.1. The van der Waals surface area contributed by atoms with Crippen molar-refractivity contribution in [1.82, 2.24) is 0 Å². The van der Waals surface area contributed by atoms with Crippen LogP contribution in [0.2, 0.25) is 18.6 Å². The monoisotopic (exact) mass is 404 g/mol. The van der Waals surface area contributed by atoms with Crippen LogP contribution >= 0.6 is 0 Å². The number of fused-ring (bicyclic) bond motifs is 2. The van der Waals surface area contributed by atoms with E-state index in [0.29, 0.717) is 5.92 Å². The second kappa shape index (κ2) is 8.06. The summed E-state index contributed by atoms with van der Waals surface area (Å²) in [5, 5.41) is 5.04. The molecule has 1 aromatic carbocycles. The fourth-order valence-electron chi connectivity index (χ4n) is 7.67. The molecular formula is C28H40Si. The Hall–Kier alpha value is -1.34. The summed E-state index contributed by atoms with van der Waals surface area (Å²) in [4.78, 5) is 0. The molecule has 3 aliphatic carbocycles. The Morgan fingerprint density at radius 2 is 1.52 bits per heavy atom. The maximum atomic E-state index is 2.71. The zero-order chi connectivity index (χ0) is 20.8. The molecule has 0 N–H and O–H groups in total. The van der Waals surface area contributed by atoms with Gasteiger partial charge in [-0.3, -0.25) is 0 Å². The van der Waals surface area contributed by atoms with E-state index in [9.17, 15) is 0 Å². The molecule has 0 aromatic heterocycles. The van der Waals surface area contributed by atoms with Crippen molar-refractivity contribution < 1.29 is 0 Å². The lowest BCUT2D eigenvalue weighted by Gasteiger charge is -2.40. The third kappa shape index (κ3) is 3.25. The van der Waals surface area contributed by atoms with Gasteiger partial charge in [0, 0.05) is 0 Å². The highest BCUT2D eigenvalue weighted by Crippen LogP contribution is 2.59. The van der Waals surface area contributed by atoms with Gasteiger partial charge in [0.2, 0.25) is 0 Å². The molecule has 156 valence electrons. The molecular weight excluding hydrogens is 364 g/mol. The van der Waals surface area contributed by atoms with Crippen LogP contribution < -0.4 is 10.4 Å². The lowest BCUT2D eigenvalue weighted by molar-refractivity contribution is 0.333. The molecule has 1 aromatic rings. The van der Waals surface area contributed by atoms with Gasteiger partial charge in [0.1, 0.15) is 0 Å². The lowest BCUT2D eigenvalue weighted by Crippen LogP contribution is -2.44. The highest BCUT2D eigenvalue weighted by molar-refractivity contribution is 6.94. The summed E-state index contributed by atoms with van der Waals surface area (Å²) in [7, 11) is -1.65. The van der Waals surface area contributed by atoms with Gasteiger partial charge in [-0.25, -0.2) is 0 Å². The standard InChI is InChI=1S/C28H40Si/c1-7-13-21-19(3)27(25-17-11-9-15-23(21)25)29(5,6)28-20(4)22(14-8-2)24-16-10-12-18-26(24)28/h9-12,15-21,23,25,27H,7-8,13-14H2,1-6H3/t19?,20?,21-,23-,25?,27?/m0/s1. The molecule has 6 atom stereocenters. The first-order valence-electron chi connectivity index (χ1n) is 12.1. The summed E-state index contributed by atoms with van der Waals surface area (Å²) in [5.41, 5.74) is 2.56. The van der Waals surface area contributed by atoms with Crippen molar-refractivity contribution in [1.29, 1.82) is 0 Å². The Kier molecular flexibility index (Phi) is 5.81. The number of rotatable bonds is 6. The van der Waals surface area contributed by atoms with Crippen molar-refractivity contribution in [2.24, 2.45) is 29.6 Å². The maximum absolute atomic E-state index is 2.71. The third-order valence-electron chi connectivity index (χ3n) is 8.56. The summed E-state index contributed by atoms with van der Waals surface area (Å²) in [6, 6.07) is 9.36. The normalized spacial score (nSPS) is 33.3. The minimum Gasteiger partial charge on any atom is -0.0808 e. The van der Waals surface area contributed by atoms with Gasteiger partial charge >= 0.3 is 0 Å². The van der Waals surface area contributed by atoms with Crippen molar-refractivity contribution in [3.8, 4) is 0 Å². The van der Waals surface area contributed by atoms with Gasteiger partial charge in [-0.05, 0) is 58.4 Å². The molecule has 0 heterocycles. The molecule has 0 nitrogen and oxygen atoms in total. The SMILES string of the molecule is CCCC1=c2ccccc2=C([Si](C)(C)C2C3C=CC=C[C@H]3[C@@H](CCC)C2C)C1C. The summed E-state index contributed by atoms with van der Waals surface area (Å²) in [6.07, 6.45) is 15.0. The maximum Gasteiger partial charge on any atom is 0.0809 e. The van der Waals surface area contributed by atoms with E-state index in [1.807, 2.05) is 5.20 Å². The van der Waals surface area contributed by atoms with Crippen LogP contribution in [-0.4, -0.2) is 8.07 Å². The van der Waals surface area contributed by atoms with Crippen molar-refractivity contribution in [3.63, 3.8) is 0 Å². The largest absolute Gasteiger partial charge is 0.0809 e. The summed E-state index contributed by atoms with van der Waals surface area (Å²) >= 11 is 0. The van der Waals surface area contributed by atoms with Crippen molar-refractivity contribution >= 4 is 18.8 Å². The van der Waals surface area contributed by atoms with E-state index < -0.39 is 8.07 Å². The summed E-state index contributed by atoms with van der Waals surface area (Å²) < 4.78 is 0. The first-order valence-corrected chi connectivity index (χ1v) is 15.2. The van der Waals surface area contributed by atoms with E-state index in [4.69, 9.17) is 0 Å².